The Balaban J connectivity index is 1.84. The van der Waals surface area contributed by atoms with Gasteiger partial charge in [0.15, 0.2) is 6.10 Å². The van der Waals surface area contributed by atoms with E-state index < -0.39 is 17.9 Å². The second-order valence-electron chi connectivity index (χ2n) is 6.50. The lowest BCUT2D eigenvalue weighted by atomic mass is 10.2. The van der Waals surface area contributed by atoms with Crippen LogP contribution in [0, 0.1) is 0 Å². The average Bonchev–Trinajstić information content (AvgIpc) is 2.75. The molecule has 3 amide bonds. The monoisotopic (exact) mass is 397 g/mol. The van der Waals surface area contributed by atoms with Gasteiger partial charge in [-0.15, -0.1) is 0 Å². The Labute approximate surface area is 170 Å². The van der Waals surface area contributed by atoms with Crippen molar-refractivity contribution in [1.29, 1.82) is 0 Å². The molecule has 0 aliphatic rings. The number of nitrogens with one attached hydrogen (secondary N) is 3. The maximum atomic E-state index is 12.3. The highest BCUT2D eigenvalue weighted by atomic mass is 16.5. The predicted octanol–water partition coefficient (Wildman–Crippen LogP) is 3.43. The van der Waals surface area contributed by atoms with Gasteiger partial charge in [-0.25, -0.2) is 0 Å². The third-order valence-electron chi connectivity index (χ3n) is 4.17. The fourth-order valence-corrected chi connectivity index (χ4v) is 2.52. The summed E-state index contributed by atoms with van der Waals surface area (Å²) in [5, 5.41) is 2.78. The van der Waals surface area contributed by atoms with Crippen LogP contribution in [-0.4, -0.2) is 23.8 Å². The summed E-state index contributed by atoms with van der Waals surface area (Å²) in [5.74, 6) is -0.376. The molecule has 0 spiro atoms. The molecule has 0 heterocycles. The molecule has 7 nitrogen and oxygen atoms in total. The summed E-state index contributed by atoms with van der Waals surface area (Å²) in [6, 6.07) is 15.5. The largest absolute Gasteiger partial charge is 0.481 e. The third-order valence-corrected chi connectivity index (χ3v) is 4.17. The van der Waals surface area contributed by atoms with Gasteiger partial charge in [-0.3, -0.25) is 25.2 Å². The standard InChI is InChI=1S/C22H27N3O4/c1-3-5-11-20(26)23-17-14-12-16(13-15-17)21(27)24-25-22(28)19(4-2)29-18-9-7-6-8-10-18/h6-10,12-15,19H,3-5,11H2,1-2H3,(H,23,26)(H,24,27)(H,25,28). The van der Waals surface area contributed by atoms with Crippen molar-refractivity contribution in [2.24, 2.45) is 0 Å². The molecule has 3 N–H and O–H groups in total. The van der Waals surface area contributed by atoms with Crippen LogP contribution in [-0.2, 0) is 9.59 Å². The van der Waals surface area contributed by atoms with E-state index in [9.17, 15) is 14.4 Å². The van der Waals surface area contributed by atoms with Gasteiger partial charge in [0.2, 0.25) is 5.91 Å². The van der Waals surface area contributed by atoms with E-state index in [1.807, 2.05) is 32.0 Å². The van der Waals surface area contributed by atoms with Crippen molar-refractivity contribution in [2.75, 3.05) is 5.32 Å². The maximum absolute atomic E-state index is 12.3. The molecule has 1 unspecified atom stereocenters. The van der Waals surface area contributed by atoms with Crippen LogP contribution in [0.15, 0.2) is 54.6 Å². The number of ether oxygens (including phenoxy) is 1. The lowest BCUT2D eigenvalue weighted by Crippen LogP contribution is -2.47. The Hall–Kier alpha value is -3.35. The van der Waals surface area contributed by atoms with Gasteiger partial charge in [-0.1, -0.05) is 38.5 Å². The molecular formula is C22H27N3O4. The zero-order valence-electron chi connectivity index (χ0n) is 16.7. The summed E-state index contributed by atoms with van der Waals surface area (Å²) in [4.78, 5) is 36.3. The van der Waals surface area contributed by atoms with Crippen molar-refractivity contribution in [1.82, 2.24) is 10.9 Å². The Morgan fingerprint density at radius 1 is 0.931 bits per heavy atom. The van der Waals surface area contributed by atoms with Crippen LogP contribution in [0.5, 0.6) is 5.75 Å². The average molecular weight is 397 g/mol. The number of carbonyl (C=O) groups is 3. The SMILES string of the molecule is CCCCC(=O)Nc1ccc(C(=O)NNC(=O)C(CC)Oc2ccccc2)cc1. The Bertz CT molecular complexity index is 807. The Morgan fingerprint density at radius 3 is 2.24 bits per heavy atom. The maximum Gasteiger partial charge on any atom is 0.279 e. The first-order valence-electron chi connectivity index (χ1n) is 9.75. The zero-order valence-corrected chi connectivity index (χ0v) is 16.7. The normalized spacial score (nSPS) is 11.2. The summed E-state index contributed by atoms with van der Waals surface area (Å²) in [6.07, 6.45) is 1.97. The number of unbranched alkanes of at least 4 members (excludes halogenated alkanes) is 1. The molecule has 1 atom stereocenters. The minimum Gasteiger partial charge on any atom is -0.481 e. The van der Waals surface area contributed by atoms with E-state index in [-0.39, 0.29) is 5.91 Å². The summed E-state index contributed by atoms with van der Waals surface area (Å²) in [6.45, 7) is 3.85. The molecule has 2 aromatic rings. The fourth-order valence-electron chi connectivity index (χ4n) is 2.52. The predicted molar refractivity (Wildman–Crippen MR) is 111 cm³/mol. The second kappa shape index (κ2) is 11.5. The Kier molecular flexibility index (Phi) is 8.69. The highest BCUT2D eigenvalue weighted by Gasteiger charge is 2.19. The number of benzene rings is 2. The van der Waals surface area contributed by atoms with Crippen LogP contribution in [0.2, 0.25) is 0 Å². The number of amides is 3. The van der Waals surface area contributed by atoms with E-state index in [0.717, 1.165) is 12.8 Å². The van der Waals surface area contributed by atoms with Gasteiger partial charge in [0.25, 0.3) is 11.8 Å². The highest BCUT2D eigenvalue weighted by molar-refractivity contribution is 5.97. The number of hydrazine groups is 1. The molecule has 0 saturated carbocycles. The first-order chi connectivity index (χ1) is 14.0. The molecule has 0 bridgehead atoms. The molecule has 0 fully saturated rings. The van der Waals surface area contributed by atoms with Crippen molar-refractivity contribution >= 4 is 23.4 Å². The zero-order chi connectivity index (χ0) is 21.1. The number of rotatable bonds is 9. The van der Waals surface area contributed by atoms with Gasteiger partial charge in [0.05, 0.1) is 0 Å². The number of hydrogen-bond acceptors (Lipinski definition) is 4. The molecule has 154 valence electrons. The molecule has 0 radical (unpaired) electrons. The molecule has 0 saturated heterocycles. The minimum atomic E-state index is -0.724. The number of carbonyl (C=O) groups excluding carboxylic acids is 3. The molecule has 29 heavy (non-hydrogen) atoms. The number of anilines is 1. The van der Waals surface area contributed by atoms with E-state index in [0.29, 0.717) is 29.8 Å². The van der Waals surface area contributed by atoms with Gasteiger partial charge >= 0.3 is 0 Å². The van der Waals surface area contributed by atoms with Crippen molar-refractivity contribution in [3.63, 3.8) is 0 Å². The molecule has 7 heteroatoms. The highest BCUT2D eigenvalue weighted by Crippen LogP contribution is 2.13. The molecule has 0 aliphatic heterocycles. The van der Waals surface area contributed by atoms with E-state index >= 15 is 0 Å². The van der Waals surface area contributed by atoms with E-state index in [2.05, 4.69) is 16.2 Å². The summed E-state index contributed by atoms with van der Waals surface area (Å²) >= 11 is 0. The summed E-state index contributed by atoms with van der Waals surface area (Å²) in [5.41, 5.74) is 5.75. The first kappa shape index (κ1) is 21.9. The van der Waals surface area contributed by atoms with Gasteiger partial charge in [-0.05, 0) is 49.2 Å². The van der Waals surface area contributed by atoms with Crippen LogP contribution in [0.25, 0.3) is 0 Å². The van der Waals surface area contributed by atoms with Crippen molar-refractivity contribution < 1.29 is 19.1 Å². The lowest BCUT2D eigenvalue weighted by molar-refractivity contribution is -0.128. The van der Waals surface area contributed by atoms with Crippen molar-refractivity contribution in [3.05, 3.63) is 60.2 Å². The topological polar surface area (TPSA) is 96.5 Å². The van der Waals surface area contributed by atoms with E-state index in [1.54, 1.807) is 36.4 Å². The van der Waals surface area contributed by atoms with Gasteiger partial charge in [0, 0.05) is 17.7 Å². The van der Waals surface area contributed by atoms with Crippen molar-refractivity contribution in [3.8, 4) is 5.75 Å². The van der Waals surface area contributed by atoms with Gasteiger partial charge in [0.1, 0.15) is 5.75 Å². The van der Waals surface area contributed by atoms with Crippen LogP contribution >= 0.6 is 0 Å². The number of hydrogen-bond donors (Lipinski definition) is 3. The minimum absolute atomic E-state index is 0.0552. The molecular weight excluding hydrogens is 370 g/mol. The molecule has 0 aliphatic carbocycles. The van der Waals surface area contributed by atoms with Gasteiger partial charge in [-0.2, -0.15) is 0 Å². The summed E-state index contributed by atoms with van der Waals surface area (Å²) in [7, 11) is 0. The van der Waals surface area contributed by atoms with Crippen LogP contribution in [0.1, 0.15) is 49.9 Å². The molecule has 2 rings (SSSR count). The molecule has 2 aromatic carbocycles. The summed E-state index contributed by atoms with van der Waals surface area (Å²) < 4.78 is 5.64. The van der Waals surface area contributed by atoms with Crippen LogP contribution in [0.4, 0.5) is 5.69 Å². The van der Waals surface area contributed by atoms with Crippen LogP contribution in [0.3, 0.4) is 0 Å². The third kappa shape index (κ3) is 7.29. The van der Waals surface area contributed by atoms with E-state index in [1.165, 1.54) is 0 Å². The second-order valence-corrected chi connectivity index (χ2v) is 6.50. The lowest BCUT2D eigenvalue weighted by Gasteiger charge is -2.17. The van der Waals surface area contributed by atoms with Crippen LogP contribution < -0.4 is 20.9 Å². The smallest absolute Gasteiger partial charge is 0.279 e. The Morgan fingerprint density at radius 2 is 1.62 bits per heavy atom. The van der Waals surface area contributed by atoms with E-state index in [4.69, 9.17) is 4.74 Å². The van der Waals surface area contributed by atoms with Gasteiger partial charge < -0.3 is 10.1 Å². The fraction of sp³-hybridized carbons (Fsp3) is 0.318. The molecule has 0 aromatic heterocycles. The quantitative estimate of drug-likeness (QED) is 0.565. The first-order valence-corrected chi connectivity index (χ1v) is 9.75. The number of para-hydroxylation sites is 1. The van der Waals surface area contributed by atoms with Crippen molar-refractivity contribution in [2.45, 2.75) is 45.6 Å².